The van der Waals surface area contributed by atoms with E-state index >= 15 is 0 Å². The van der Waals surface area contributed by atoms with Crippen LogP contribution in [0.4, 0.5) is 5.69 Å². The fourth-order valence-corrected chi connectivity index (χ4v) is 1.50. The van der Waals surface area contributed by atoms with Crippen LogP contribution in [0.2, 0.25) is 0 Å². The molecule has 1 rings (SSSR count). The summed E-state index contributed by atoms with van der Waals surface area (Å²) in [5.41, 5.74) is 5.69. The monoisotopic (exact) mass is 286 g/mol. The summed E-state index contributed by atoms with van der Waals surface area (Å²) >= 11 is 3.28. The molecule has 0 fully saturated rings. The Morgan fingerprint density at radius 3 is 2.56 bits per heavy atom. The number of ether oxygens (including phenoxy) is 1. The minimum Gasteiger partial charge on any atom is -0.467 e. The molecule has 0 saturated carbocycles. The van der Waals surface area contributed by atoms with Crippen molar-refractivity contribution < 1.29 is 14.3 Å². The van der Waals surface area contributed by atoms with Gasteiger partial charge in [-0.15, -0.1) is 0 Å². The molecule has 1 amide bonds. The van der Waals surface area contributed by atoms with E-state index < -0.39 is 17.9 Å². The first-order chi connectivity index (χ1) is 7.56. The molecule has 1 unspecified atom stereocenters. The number of hydrogen-bond acceptors (Lipinski definition) is 4. The van der Waals surface area contributed by atoms with Crippen LogP contribution in [0.5, 0.6) is 0 Å². The molecule has 1 atom stereocenters. The number of esters is 1. The first-order valence-electron chi connectivity index (χ1n) is 4.44. The Labute approximate surface area is 101 Å². The Morgan fingerprint density at radius 2 is 2.06 bits per heavy atom. The zero-order valence-electron chi connectivity index (χ0n) is 8.57. The van der Waals surface area contributed by atoms with Crippen LogP contribution in [-0.2, 0) is 14.3 Å². The van der Waals surface area contributed by atoms with Gasteiger partial charge in [0.1, 0.15) is 0 Å². The van der Waals surface area contributed by atoms with Crippen molar-refractivity contribution in [1.82, 2.24) is 0 Å². The number of methoxy groups -OCH3 is 1. The standard InChI is InChI=1S/C10H11BrN2O3/c1-16-10(15)8(9(12)14)13-7-5-3-2-4-6(7)11/h2-5,8,13H,1H3,(H2,12,14). The number of benzene rings is 1. The van der Waals surface area contributed by atoms with Crippen LogP contribution >= 0.6 is 15.9 Å². The van der Waals surface area contributed by atoms with Gasteiger partial charge in [0, 0.05) is 10.2 Å². The van der Waals surface area contributed by atoms with E-state index in [1.165, 1.54) is 7.11 Å². The Balaban J connectivity index is 2.88. The highest BCUT2D eigenvalue weighted by atomic mass is 79.9. The molecule has 0 aliphatic heterocycles. The molecule has 6 heteroatoms. The van der Waals surface area contributed by atoms with Gasteiger partial charge in [0.25, 0.3) is 5.91 Å². The minimum atomic E-state index is -1.19. The van der Waals surface area contributed by atoms with Crippen LogP contribution in [-0.4, -0.2) is 25.0 Å². The van der Waals surface area contributed by atoms with Crippen LogP contribution in [0.25, 0.3) is 0 Å². The van der Waals surface area contributed by atoms with Crippen molar-refractivity contribution in [2.24, 2.45) is 5.73 Å². The van der Waals surface area contributed by atoms with E-state index in [0.717, 1.165) is 4.47 Å². The topological polar surface area (TPSA) is 81.4 Å². The smallest absolute Gasteiger partial charge is 0.338 e. The number of para-hydroxylation sites is 1. The third-order valence-electron chi connectivity index (χ3n) is 1.90. The second-order valence-electron chi connectivity index (χ2n) is 2.98. The van der Waals surface area contributed by atoms with E-state index in [4.69, 9.17) is 5.73 Å². The number of nitrogens with two attached hydrogens (primary N) is 1. The number of rotatable bonds is 4. The summed E-state index contributed by atoms with van der Waals surface area (Å²) in [6.45, 7) is 0. The molecule has 0 spiro atoms. The predicted octanol–water partition coefficient (Wildman–Crippen LogP) is 0.888. The molecule has 5 nitrogen and oxygen atoms in total. The molecular formula is C10H11BrN2O3. The SMILES string of the molecule is COC(=O)C(Nc1ccccc1Br)C(N)=O. The number of primary amides is 1. The number of halogens is 1. The number of hydrogen-bond donors (Lipinski definition) is 2. The maximum absolute atomic E-state index is 11.3. The van der Waals surface area contributed by atoms with Gasteiger partial charge in [-0.05, 0) is 28.1 Å². The van der Waals surface area contributed by atoms with E-state index in [1.54, 1.807) is 18.2 Å². The number of nitrogens with one attached hydrogen (secondary N) is 1. The molecule has 0 aliphatic rings. The van der Waals surface area contributed by atoms with Gasteiger partial charge in [-0.3, -0.25) is 4.79 Å². The fourth-order valence-electron chi connectivity index (χ4n) is 1.10. The minimum absolute atomic E-state index is 0.594. The molecule has 0 aliphatic carbocycles. The Morgan fingerprint density at radius 1 is 1.44 bits per heavy atom. The number of carbonyl (C=O) groups excluding carboxylic acids is 2. The summed E-state index contributed by atoms with van der Waals surface area (Å²) in [6.07, 6.45) is 0. The van der Waals surface area contributed by atoms with Gasteiger partial charge in [-0.25, -0.2) is 4.79 Å². The van der Waals surface area contributed by atoms with Gasteiger partial charge in [-0.2, -0.15) is 0 Å². The largest absolute Gasteiger partial charge is 0.467 e. The summed E-state index contributed by atoms with van der Waals surface area (Å²) in [6, 6.07) is 5.87. The molecule has 0 aromatic heterocycles. The van der Waals surface area contributed by atoms with Crippen LogP contribution in [0.1, 0.15) is 0 Å². The lowest BCUT2D eigenvalue weighted by Crippen LogP contribution is -2.42. The van der Waals surface area contributed by atoms with Crippen LogP contribution < -0.4 is 11.1 Å². The molecule has 3 N–H and O–H groups in total. The molecular weight excluding hydrogens is 276 g/mol. The highest BCUT2D eigenvalue weighted by Crippen LogP contribution is 2.22. The average Bonchev–Trinajstić information content (AvgIpc) is 2.26. The van der Waals surface area contributed by atoms with Crippen LogP contribution in [0.15, 0.2) is 28.7 Å². The predicted molar refractivity (Wildman–Crippen MR) is 62.8 cm³/mol. The molecule has 86 valence electrons. The lowest BCUT2D eigenvalue weighted by molar-refractivity contribution is -0.144. The Kier molecular flexibility index (Phi) is 4.30. The second-order valence-corrected chi connectivity index (χ2v) is 3.84. The number of carbonyl (C=O) groups is 2. The van der Waals surface area contributed by atoms with Crippen molar-refractivity contribution in [3.63, 3.8) is 0 Å². The van der Waals surface area contributed by atoms with Gasteiger partial charge >= 0.3 is 5.97 Å². The third kappa shape index (κ3) is 2.96. The molecule has 0 heterocycles. The Bertz CT molecular complexity index is 409. The van der Waals surface area contributed by atoms with E-state index in [9.17, 15) is 9.59 Å². The zero-order chi connectivity index (χ0) is 12.1. The fraction of sp³-hybridized carbons (Fsp3) is 0.200. The lowest BCUT2D eigenvalue weighted by Gasteiger charge is -2.15. The summed E-state index contributed by atoms with van der Waals surface area (Å²) in [5.74, 6) is -1.51. The zero-order valence-corrected chi connectivity index (χ0v) is 10.2. The summed E-state index contributed by atoms with van der Waals surface area (Å²) < 4.78 is 5.20. The molecule has 1 aromatic carbocycles. The van der Waals surface area contributed by atoms with Crippen LogP contribution in [0, 0.1) is 0 Å². The van der Waals surface area contributed by atoms with E-state index in [1.807, 2.05) is 6.07 Å². The van der Waals surface area contributed by atoms with Crippen molar-refractivity contribution >= 4 is 33.5 Å². The Hall–Kier alpha value is -1.56. The van der Waals surface area contributed by atoms with Gasteiger partial charge in [0.05, 0.1) is 7.11 Å². The lowest BCUT2D eigenvalue weighted by atomic mass is 10.2. The average molecular weight is 287 g/mol. The van der Waals surface area contributed by atoms with E-state index in [0.29, 0.717) is 5.69 Å². The van der Waals surface area contributed by atoms with Gasteiger partial charge < -0.3 is 15.8 Å². The van der Waals surface area contributed by atoms with Crippen molar-refractivity contribution in [2.45, 2.75) is 6.04 Å². The van der Waals surface area contributed by atoms with Crippen molar-refractivity contribution in [1.29, 1.82) is 0 Å². The van der Waals surface area contributed by atoms with Gasteiger partial charge in [-0.1, -0.05) is 12.1 Å². The highest BCUT2D eigenvalue weighted by molar-refractivity contribution is 9.10. The molecule has 0 bridgehead atoms. The summed E-state index contributed by atoms with van der Waals surface area (Å²) in [7, 11) is 1.19. The van der Waals surface area contributed by atoms with Crippen molar-refractivity contribution in [3.8, 4) is 0 Å². The quantitative estimate of drug-likeness (QED) is 0.636. The van der Waals surface area contributed by atoms with Crippen molar-refractivity contribution in [3.05, 3.63) is 28.7 Å². The number of anilines is 1. The van der Waals surface area contributed by atoms with Crippen molar-refractivity contribution in [2.75, 3.05) is 12.4 Å². The first kappa shape index (κ1) is 12.5. The molecule has 16 heavy (non-hydrogen) atoms. The summed E-state index contributed by atoms with van der Waals surface area (Å²) in [5, 5.41) is 2.70. The van der Waals surface area contributed by atoms with Gasteiger partial charge in [0.2, 0.25) is 6.04 Å². The van der Waals surface area contributed by atoms with Gasteiger partial charge in [0.15, 0.2) is 0 Å². The maximum atomic E-state index is 11.3. The summed E-state index contributed by atoms with van der Waals surface area (Å²) in [4.78, 5) is 22.3. The molecule has 0 saturated heterocycles. The normalized spacial score (nSPS) is 11.6. The van der Waals surface area contributed by atoms with E-state index in [2.05, 4.69) is 26.0 Å². The third-order valence-corrected chi connectivity index (χ3v) is 2.59. The second kappa shape index (κ2) is 5.50. The molecule has 1 aromatic rings. The first-order valence-corrected chi connectivity index (χ1v) is 5.23. The van der Waals surface area contributed by atoms with E-state index in [-0.39, 0.29) is 0 Å². The highest BCUT2D eigenvalue weighted by Gasteiger charge is 2.25. The maximum Gasteiger partial charge on any atom is 0.338 e. The number of amides is 1. The van der Waals surface area contributed by atoms with Crippen LogP contribution in [0.3, 0.4) is 0 Å². The molecule has 0 radical (unpaired) electrons.